The molecule has 2 rings (SSSR count). The predicted molar refractivity (Wildman–Crippen MR) is 94.5 cm³/mol. The maximum atomic E-state index is 11.5. The van der Waals surface area contributed by atoms with E-state index in [9.17, 15) is 13.5 Å². The number of hydrogen-bond donors (Lipinski definition) is 1. The fraction of sp³-hybridized carbons (Fsp3) is 0.647. The van der Waals surface area contributed by atoms with E-state index in [1.54, 1.807) is 0 Å². The van der Waals surface area contributed by atoms with E-state index in [0.717, 1.165) is 5.69 Å². The van der Waals surface area contributed by atoms with E-state index in [1.807, 2.05) is 45.0 Å². The molecule has 1 atom stereocenters. The van der Waals surface area contributed by atoms with Gasteiger partial charge in [-0.3, -0.25) is 0 Å². The first-order chi connectivity index (χ1) is 11.1. The highest BCUT2D eigenvalue weighted by Crippen LogP contribution is 2.21. The van der Waals surface area contributed by atoms with E-state index >= 15 is 0 Å². The highest BCUT2D eigenvalue weighted by molar-refractivity contribution is 7.91. The summed E-state index contributed by atoms with van der Waals surface area (Å²) in [5.41, 5.74) is 0.693. The van der Waals surface area contributed by atoms with E-state index in [4.69, 9.17) is 9.47 Å². The van der Waals surface area contributed by atoms with Crippen LogP contribution in [0.25, 0.3) is 0 Å². The van der Waals surface area contributed by atoms with Gasteiger partial charge in [0.15, 0.2) is 9.84 Å². The number of nitrogens with zero attached hydrogens (tertiary/aromatic N) is 1. The van der Waals surface area contributed by atoms with Crippen molar-refractivity contribution in [3.8, 4) is 5.75 Å². The number of rotatable bonds is 6. The Kier molecular flexibility index (Phi) is 6.11. The van der Waals surface area contributed by atoms with Gasteiger partial charge in [-0.1, -0.05) is 0 Å². The Hall–Kier alpha value is -1.31. The quantitative estimate of drug-likeness (QED) is 0.831. The molecule has 0 aromatic heterocycles. The van der Waals surface area contributed by atoms with E-state index in [-0.39, 0.29) is 30.3 Å². The lowest BCUT2D eigenvalue weighted by molar-refractivity contribution is -0.0586. The third-order valence-electron chi connectivity index (χ3n) is 3.70. The third-order valence-corrected chi connectivity index (χ3v) is 5.31. The number of aliphatic hydroxyl groups is 1. The van der Waals surface area contributed by atoms with Gasteiger partial charge in [0, 0.05) is 18.8 Å². The summed E-state index contributed by atoms with van der Waals surface area (Å²) in [6.07, 6.45) is -0.684. The van der Waals surface area contributed by atoms with Gasteiger partial charge in [0.1, 0.15) is 18.5 Å². The summed E-state index contributed by atoms with van der Waals surface area (Å²) in [7, 11) is -2.87. The van der Waals surface area contributed by atoms with Crippen LogP contribution >= 0.6 is 0 Å². The Labute approximate surface area is 144 Å². The SMILES string of the molecule is CC(C)(C)OCC(O)COc1ccc(N2CCS(=O)(=O)CC2)cc1. The first-order valence-electron chi connectivity index (χ1n) is 8.15. The first kappa shape index (κ1) is 19.0. The highest BCUT2D eigenvalue weighted by Gasteiger charge is 2.21. The third kappa shape index (κ3) is 6.30. The van der Waals surface area contributed by atoms with Crippen LogP contribution in [-0.4, -0.2) is 63.0 Å². The monoisotopic (exact) mass is 357 g/mol. The topological polar surface area (TPSA) is 76.1 Å². The fourth-order valence-corrected chi connectivity index (χ4v) is 3.51. The number of aliphatic hydroxyl groups excluding tert-OH is 1. The predicted octanol–water partition coefficient (Wildman–Crippen LogP) is 1.48. The molecule has 136 valence electrons. The summed E-state index contributed by atoms with van der Waals surface area (Å²) in [5.74, 6) is 1.06. The van der Waals surface area contributed by atoms with Crippen LogP contribution in [0.15, 0.2) is 24.3 Å². The van der Waals surface area contributed by atoms with Crippen LogP contribution in [-0.2, 0) is 14.6 Å². The van der Waals surface area contributed by atoms with Crippen LogP contribution in [0.5, 0.6) is 5.75 Å². The Balaban J connectivity index is 1.80. The lowest BCUT2D eigenvalue weighted by Crippen LogP contribution is -2.40. The molecule has 1 heterocycles. The molecule has 1 unspecified atom stereocenters. The van der Waals surface area contributed by atoms with E-state index in [1.165, 1.54) is 0 Å². The molecule has 1 N–H and O–H groups in total. The number of benzene rings is 1. The van der Waals surface area contributed by atoms with Crippen molar-refractivity contribution < 1.29 is 23.0 Å². The number of anilines is 1. The van der Waals surface area contributed by atoms with Gasteiger partial charge in [0.05, 0.1) is 23.7 Å². The van der Waals surface area contributed by atoms with Gasteiger partial charge in [0.25, 0.3) is 0 Å². The lowest BCUT2D eigenvalue weighted by Gasteiger charge is -2.28. The largest absolute Gasteiger partial charge is 0.491 e. The van der Waals surface area contributed by atoms with Gasteiger partial charge in [-0.2, -0.15) is 0 Å². The molecule has 0 amide bonds. The van der Waals surface area contributed by atoms with Gasteiger partial charge in [-0.05, 0) is 45.0 Å². The molecule has 6 nitrogen and oxygen atoms in total. The molecule has 0 bridgehead atoms. The Bertz CT molecular complexity index is 607. The van der Waals surface area contributed by atoms with Gasteiger partial charge in [0.2, 0.25) is 0 Å². The molecular weight excluding hydrogens is 330 g/mol. The van der Waals surface area contributed by atoms with Crippen molar-refractivity contribution >= 4 is 15.5 Å². The van der Waals surface area contributed by atoms with Crippen LogP contribution in [0, 0.1) is 0 Å². The minimum Gasteiger partial charge on any atom is -0.491 e. The maximum Gasteiger partial charge on any atom is 0.153 e. The summed E-state index contributed by atoms with van der Waals surface area (Å²) in [5, 5.41) is 9.87. The molecule has 0 saturated carbocycles. The van der Waals surface area contributed by atoms with Crippen LogP contribution in [0.2, 0.25) is 0 Å². The second-order valence-electron chi connectivity index (χ2n) is 7.02. The van der Waals surface area contributed by atoms with E-state index < -0.39 is 15.9 Å². The summed E-state index contributed by atoms with van der Waals surface area (Å²) in [6.45, 7) is 7.24. The second kappa shape index (κ2) is 7.72. The van der Waals surface area contributed by atoms with E-state index in [0.29, 0.717) is 18.8 Å². The first-order valence-corrected chi connectivity index (χ1v) is 9.97. The standard InChI is InChI=1S/C17H27NO5S/c1-17(2,3)23-13-15(19)12-22-16-6-4-14(5-7-16)18-8-10-24(20,21)11-9-18/h4-7,15,19H,8-13H2,1-3H3. The molecule has 1 fully saturated rings. The van der Waals surface area contributed by atoms with Crippen molar-refractivity contribution in [2.45, 2.75) is 32.5 Å². The zero-order valence-electron chi connectivity index (χ0n) is 14.6. The molecule has 1 aromatic rings. The molecule has 1 aromatic carbocycles. The Morgan fingerprint density at radius 1 is 1.12 bits per heavy atom. The van der Waals surface area contributed by atoms with Gasteiger partial charge in [-0.15, -0.1) is 0 Å². The summed E-state index contributed by atoms with van der Waals surface area (Å²) in [6, 6.07) is 7.47. The Morgan fingerprint density at radius 3 is 2.25 bits per heavy atom. The van der Waals surface area contributed by atoms with Crippen molar-refractivity contribution in [2.75, 3.05) is 42.7 Å². The van der Waals surface area contributed by atoms with Crippen LogP contribution in [0.4, 0.5) is 5.69 Å². The van der Waals surface area contributed by atoms with Crippen molar-refractivity contribution in [3.05, 3.63) is 24.3 Å². The summed E-state index contributed by atoms with van der Waals surface area (Å²) >= 11 is 0. The molecular formula is C17H27NO5S. The molecule has 1 saturated heterocycles. The highest BCUT2D eigenvalue weighted by atomic mass is 32.2. The summed E-state index contributed by atoms with van der Waals surface area (Å²) in [4.78, 5) is 2.05. The lowest BCUT2D eigenvalue weighted by atomic mass is 10.2. The average Bonchev–Trinajstić information content (AvgIpc) is 2.51. The maximum absolute atomic E-state index is 11.5. The number of sulfone groups is 1. The molecule has 0 radical (unpaired) electrons. The smallest absolute Gasteiger partial charge is 0.153 e. The van der Waals surface area contributed by atoms with Crippen molar-refractivity contribution in [1.82, 2.24) is 0 Å². The van der Waals surface area contributed by atoms with E-state index in [2.05, 4.69) is 4.90 Å². The minimum absolute atomic E-state index is 0.164. The van der Waals surface area contributed by atoms with Crippen LogP contribution < -0.4 is 9.64 Å². The molecule has 0 spiro atoms. The molecule has 24 heavy (non-hydrogen) atoms. The Morgan fingerprint density at radius 2 is 1.71 bits per heavy atom. The zero-order valence-corrected chi connectivity index (χ0v) is 15.4. The van der Waals surface area contributed by atoms with Gasteiger partial charge < -0.3 is 19.5 Å². The van der Waals surface area contributed by atoms with Gasteiger partial charge >= 0.3 is 0 Å². The van der Waals surface area contributed by atoms with Crippen molar-refractivity contribution in [1.29, 1.82) is 0 Å². The van der Waals surface area contributed by atoms with Crippen molar-refractivity contribution in [2.24, 2.45) is 0 Å². The molecule has 0 aliphatic carbocycles. The second-order valence-corrected chi connectivity index (χ2v) is 9.32. The van der Waals surface area contributed by atoms with Gasteiger partial charge in [-0.25, -0.2) is 8.42 Å². The van der Waals surface area contributed by atoms with Crippen LogP contribution in [0.3, 0.4) is 0 Å². The van der Waals surface area contributed by atoms with Crippen LogP contribution in [0.1, 0.15) is 20.8 Å². The average molecular weight is 357 g/mol. The molecule has 1 aliphatic rings. The summed E-state index contributed by atoms with van der Waals surface area (Å²) < 4.78 is 34.0. The number of hydrogen-bond acceptors (Lipinski definition) is 6. The number of ether oxygens (including phenoxy) is 2. The fourth-order valence-electron chi connectivity index (χ4n) is 2.31. The zero-order chi connectivity index (χ0) is 17.8. The molecule has 1 aliphatic heterocycles. The van der Waals surface area contributed by atoms with Crippen molar-refractivity contribution in [3.63, 3.8) is 0 Å². The minimum atomic E-state index is -2.87. The normalized spacial score (nSPS) is 19.1. The molecule has 7 heteroatoms.